The molecule has 0 aliphatic heterocycles. The van der Waals surface area contributed by atoms with Crippen molar-refractivity contribution >= 4 is 109 Å². The second-order valence-corrected chi connectivity index (χ2v) is 11.0. The molecule has 0 aliphatic carbocycles. The Morgan fingerprint density at radius 2 is 1.38 bits per heavy atom. The molecule has 0 radical (unpaired) electrons. The molecule has 0 unspecified atom stereocenters. The van der Waals surface area contributed by atoms with E-state index in [1.165, 1.54) is 29.0 Å². The third-order valence-corrected chi connectivity index (χ3v) is 8.83. The van der Waals surface area contributed by atoms with Gasteiger partial charge in [-0.2, -0.15) is 30.4 Å². The van der Waals surface area contributed by atoms with Gasteiger partial charge >= 0.3 is 23.1 Å². The summed E-state index contributed by atoms with van der Waals surface area (Å²) in [5.74, 6) is 0. The van der Waals surface area contributed by atoms with Gasteiger partial charge in [0.05, 0.1) is 15.4 Å². The van der Waals surface area contributed by atoms with Crippen LogP contribution in [-0.2, 0) is 9.84 Å². The fourth-order valence-electron chi connectivity index (χ4n) is 1.40. The normalized spacial score (nSPS) is 8.91. The second kappa shape index (κ2) is 20.6. The summed E-state index contributed by atoms with van der Waals surface area (Å²) in [4.78, 5) is 0.114. The molecule has 32 heavy (non-hydrogen) atoms. The van der Waals surface area contributed by atoms with Crippen molar-refractivity contribution < 1.29 is 20.8 Å². The fraction of sp³-hybridized carbons (Fsp3) is 0.150. The first-order chi connectivity index (χ1) is 14.1. The molecule has 0 amide bonds. The van der Waals surface area contributed by atoms with Crippen LogP contribution in [0.15, 0.2) is 64.1 Å². The minimum Gasteiger partial charge on any atom is -1.00 e. The van der Waals surface area contributed by atoms with Crippen LogP contribution in [0.2, 0.25) is 0 Å². The number of nitrogens with one attached hydrogen (secondary N) is 1. The summed E-state index contributed by atoms with van der Waals surface area (Å²) < 4.78 is 25.2. The maximum Gasteiger partial charge on any atom is 2.00 e. The zero-order chi connectivity index (χ0) is 23.2. The Morgan fingerprint density at radius 3 is 1.62 bits per heavy atom. The molecule has 12 heteroatoms. The average molecular weight is 715 g/mol. The molecule has 3 aromatic rings. The van der Waals surface area contributed by atoms with Gasteiger partial charge in [-0.05, 0) is 66.8 Å². The number of halogens is 4. The molecule has 4 nitrogen and oxygen atoms in total. The van der Waals surface area contributed by atoms with Crippen molar-refractivity contribution in [2.75, 3.05) is 0 Å². The van der Waals surface area contributed by atoms with Gasteiger partial charge in [0, 0.05) is 39.8 Å². The van der Waals surface area contributed by atoms with Crippen molar-refractivity contribution in [1.82, 2.24) is 0 Å². The van der Waals surface area contributed by atoms with Crippen LogP contribution in [0.5, 0.6) is 0 Å². The Balaban J connectivity index is -0.000000372. The van der Waals surface area contributed by atoms with Gasteiger partial charge in [0.15, 0.2) is 0 Å². The van der Waals surface area contributed by atoms with E-state index >= 15 is 0 Å². The third-order valence-electron chi connectivity index (χ3n) is 2.77. The summed E-state index contributed by atoms with van der Waals surface area (Å²) in [5, 5.41) is 22.7. The molecule has 0 aliphatic rings. The molecule has 3 rings (SSSR count). The van der Waals surface area contributed by atoms with Crippen LogP contribution < -0.4 is 12.4 Å². The van der Waals surface area contributed by atoms with E-state index in [1.807, 2.05) is 54.8 Å². The molecular formula is C20H19Br3ClMgN2O2S3-. The van der Waals surface area contributed by atoms with Crippen LogP contribution in [0, 0.1) is 30.1 Å². The zero-order valence-electron chi connectivity index (χ0n) is 17.4. The van der Waals surface area contributed by atoms with E-state index in [4.69, 9.17) is 10.7 Å². The van der Waals surface area contributed by atoms with E-state index < -0.39 is 9.84 Å². The Bertz CT molecular complexity index is 1030. The maximum absolute atomic E-state index is 11.0. The van der Waals surface area contributed by atoms with Crippen LogP contribution in [-0.4, -0.2) is 37.0 Å². The molecule has 0 spiro atoms. The Kier molecular flexibility index (Phi) is 23.7. The van der Waals surface area contributed by atoms with Gasteiger partial charge in [-0.15, -0.1) is 11.3 Å². The quantitative estimate of drug-likeness (QED) is 0.180. The Labute approximate surface area is 246 Å². The number of nitrogens with zero attached hydrogens (tertiary/aromatic N) is 1. The van der Waals surface area contributed by atoms with E-state index in [2.05, 4.69) is 47.8 Å². The van der Waals surface area contributed by atoms with E-state index in [9.17, 15) is 8.42 Å². The summed E-state index contributed by atoms with van der Waals surface area (Å²) >= 11 is 13.1. The number of hydrogen-bond acceptors (Lipinski definition) is 6. The largest absolute Gasteiger partial charge is 2.00 e. The molecule has 0 saturated heterocycles. The molecule has 1 aromatic carbocycles. The Morgan fingerprint density at radius 1 is 0.969 bits per heavy atom. The standard InChI is InChI=1S/C8H8NO2S.C5H2BrNS.C4H2Br2S.C3H7.ClH.Mg/c1-7-2-4-8(5-3-7)12(10,11)6-9;6-5-3-8-2-4(5)1-7;5-3-1-7-2-4(3)6;1-3-2;;/h2-5,9H,1H3;2-3H;1-2H;3H,1-2H3;1H;/q-1;;;-1;;+2/p-1. The fourth-order valence-corrected chi connectivity index (χ4v) is 5.07. The summed E-state index contributed by atoms with van der Waals surface area (Å²) in [6.07, 6.45) is 2.00. The van der Waals surface area contributed by atoms with Gasteiger partial charge in [-0.25, -0.2) is 0 Å². The van der Waals surface area contributed by atoms with Crippen molar-refractivity contribution in [3.8, 4) is 6.07 Å². The number of benzene rings is 1. The second-order valence-electron chi connectivity index (χ2n) is 5.31. The molecule has 1 N–H and O–H groups in total. The van der Waals surface area contributed by atoms with E-state index in [1.54, 1.807) is 23.5 Å². The maximum atomic E-state index is 11.0. The van der Waals surface area contributed by atoms with E-state index in [-0.39, 0.29) is 40.4 Å². The van der Waals surface area contributed by atoms with Gasteiger partial charge in [0.1, 0.15) is 6.07 Å². The van der Waals surface area contributed by atoms with Crippen LogP contribution in [0.3, 0.4) is 0 Å². The number of hydrogen-bond donors (Lipinski definition) is 1. The molecular weight excluding hydrogens is 696 g/mol. The van der Waals surface area contributed by atoms with E-state index in [0.717, 1.165) is 24.5 Å². The number of nitriles is 1. The summed E-state index contributed by atoms with van der Waals surface area (Å²) in [7, 11) is -3.60. The monoisotopic (exact) mass is 711 g/mol. The van der Waals surface area contributed by atoms with Gasteiger partial charge in [0.25, 0.3) is 0 Å². The number of aryl methyl sites for hydroxylation is 1. The molecule has 0 bridgehead atoms. The number of thiophene rings is 2. The van der Waals surface area contributed by atoms with Crippen LogP contribution in [0.1, 0.15) is 25.0 Å². The van der Waals surface area contributed by atoms with Gasteiger partial charge < -0.3 is 24.2 Å². The predicted molar refractivity (Wildman–Crippen MR) is 144 cm³/mol. The topological polar surface area (TPSA) is 81.8 Å². The van der Waals surface area contributed by atoms with Crippen molar-refractivity contribution in [2.24, 2.45) is 0 Å². The smallest absolute Gasteiger partial charge is 1.00 e. The molecule has 0 saturated carbocycles. The van der Waals surface area contributed by atoms with Gasteiger partial charge in [-0.3, -0.25) is 14.0 Å². The molecule has 0 fully saturated rings. The van der Waals surface area contributed by atoms with E-state index in [0.29, 0.717) is 0 Å². The Hall–Kier alpha value is 0.226. The summed E-state index contributed by atoms with van der Waals surface area (Å²) in [6, 6.07) is 8.34. The average Bonchev–Trinajstić information content (AvgIpc) is 3.31. The van der Waals surface area contributed by atoms with Gasteiger partial charge in [-0.1, -0.05) is 17.7 Å². The summed E-state index contributed by atoms with van der Waals surface area (Å²) in [6.45, 7) is 5.87. The third kappa shape index (κ3) is 15.2. The van der Waals surface area contributed by atoms with Crippen molar-refractivity contribution in [1.29, 1.82) is 10.7 Å². The van der Waals surface area contributed by atoms with Crippen LogP contribution in [0.25, 0.3) is 0 Å². The van der Waals surface area contributed by atoms with Crippen molar-refractivity contribution in [2.45, 2.75) is 25.7 Å². The SMILES string of the molecule is Brc1cscc1Br.C[CH-]C.Cc1ccc(S(=O)(=O)[C-]=N)cc1.N#Cc1cscc1Br.[Cl-].[Mg+2]. The van der Waals surface area contributed by atoms with Crippen LogP contribution in [0.4, 0.5) is 0 Å². The van der Waals surface area contributed by atoms with Crippen molar-refractivity contribution in [3.63, 3.8) is 0 Å². The molecule has 2 heterocycles. The predicted octanol–water partition coefficient (Wildman–Crippen LogP) is 4.76. The molecule has 0 atom stereocenters. The zero-order valence-corrected chi connectivity index (χ0v) is 26.8. The first-order valence-corrected chi connectivity index (χ1v) is 13.9. The first kappa shape index (κ1) is 36.8. The summed E-state index contributed by atoms with van der Waals surface area (Å²) in [5.41, 5.74) is 3.20. The minimum atomic E-state index is -3.60. The van der Waals surface area contributed by atoms with Gasteiger partial charge in [0.2, 0.25) is 0 Å². The number of sulfone groups is 1. The number of rotatable bonds is 2. The van der Waals surface area contributed by atoms with Crippen molar-refractivity contribution in [3.05, 3.63) is 76.8 Å². The van der Waals surface area contributed by atoms with Crippen LogP contribution >= 0.6 is 70.5 Å². The molecule has 170 valence electrons. The minimum absolute atomic E-state index is 0. The first-order valence-electron chi connectivity index (χ1n) is 8.11. The molecule has 2 aromatic heterocycles.